The third-order valence-corrected chi connectivity index (χ3v) is 1.42. The van der Waals surface area contributed by atoms with Crippen molar-refractivity contribution >= 4 is 11.8 Å². The fourth-order valence-electron chi connectivity index (χ4n) is 0.595. The summed E-state index contributed by atoms with van der Waals surface area (Å²) in [6.45, 7) is -0.848. The fourth-order valence-corrected chi connectivity index (χ4v) is 0.595. The molecule has 0 amide bonds. The molecule has 0 aliphatic carbocycles. The van der Waals surface area contributed by atoms with Gasteiger partial charge in [-0.15, -0.1) is 0 Å². The molecule has 0 bridgehead atoms. The van der Waals surface area contributed by atoms with Crippen molar-refractivity contribution in [1.82, 2.24) is 0 Å². The average molecular weight is 193 g/mol. The molecule has 0 aliphatic rings. The molecule has 0 unspecified atom stereocenters. The number of carbonyl (C=O) groups excluding carboxylic acids is 1. The summed E-state index contributed by atoms with van der Waals surface area (Å²) >= 11 is 0. The van der Waals surface area contributed by atoms with Crippen LogP contribution < -0.4 is 5.73 Å². The van der Waals surface area contributed by atoms with Crippen molar-refractivity contribution in [3.05, 3.63) is 0 Å². The minimum absolute atomic E-state index is 0.848. The normalized spacial score (nSPS) is 17.5. The molecular weight excluding hydrogens is 182 g/mol. The molecule has 0 radical (unpaired) electrons. The second-order valence-electron chi connectivity index (χ2n) is 2.41. The summed E-state index contributed by atoms with van der Waals surface area (Å²) in [7, 11) is 0. The second kappa shape index (κ2) is 4.87. The highest BCUT2D eigenvalue weighted by Gasteiger charge is 2.31. The minimum atomic E-state index is -1.98. The van der Waals surface area contributed by atoms with Crippen molar-refractivity contribution in [3.63, 3.8) is 0 Å². The number of aliphatic hydroxyl groups excluding tert-OH is 3. The van der Waals surface area contributed by atoms with Crippen molar-refractivity contribution in [1.29, 1.82) is 0 Å². The molecule has 0 saturated carbocycles. The Morgan fingerprint density at radius 1 is 1.31 bits per heavy atom. The van der Waals surface area contributed by atoms with E-state index < -0.39 is 36.6 Å². The van der Waals surface area contributed by atoms with Crippen LogP contribution in [0.5, 0.6) is 0 Å². The topological polar surface area (TPSA) is 141 Å². The van der Waals surface area contributed by atoms with Gasteiger partial charge in [-0.1, -0.05) is 0 Å². The zero-order valence-corrected chi connectivity index (χ0v) is 6.62. The molecule has 0 aromatic rings. The molecular formula is C6H11NO6. The summed E-state index contributed by atoms with van der Waals surface area (Å²) < 4.78 is 0. The molecule has 0 aromatic heterocycles. The first kappa shape index (κ1) is 12.0. The van der Waals surface area contributed by atoms with E-state index >= 15 is 0 Å². The Bertz CT molecular complexity index is 205. The van der Waals surface area contributed by atoms with Gasteiger partial charge in [0.05, 0.1) is 6.61 Å². The molecule has 7 nitrogen and oxygen atoms in total. The van der Waals surface area contributed by atoms with Crippen LogP contribution in [0.25, 0.3) is 0 Å². The van der Waals surface area contributed by atoms with E-state index in [9.17, 15) is 9.59 Å². The van der Waals surface area contributed by atoms with E-state index in [-0.39, 0.29) is 0 Å². The lowest BCUT2D eigenvalue weighted by Crippen LogP contribution is -2.49. The third-order valence-electron chi connectivity index (χ3n) is 1.42. The van der Waals surface area contributed by atoms with Gasteiger partial charge < -0.3 is 26.2 Å². The van der Waals surface area contributed by atoms with Gasteiger partial charge in [-0.3, -0.25) is 9.59 Å². The number of aliphatic hydroxyl groups is 3. The van der Waals surface area contributed by atoms with Crippen LogP contribution in [0.1, 0.15) is 0 Å². The summed E-state index contributed by atoms with van der Waals surface area (Å²) in [5.74, 6) is -2.84. The third kappa shape index (κ3) is 3.07. The number of carboxylic acid groups (broad SMARTS) is 1. The Balaban J connectivity index is 4.33. The maximum absolute atomic E-state index is 10.9. The highest BCUT2D eigenvalue weighted by molar-refractivity contribution is 6.04. The summed E-state index contributed by atoms with van der Waals surface area (Å²) in [6.07, 6.45) is -3.69. The maximum atomic E-state index is 10.9. The van der Waals surface area contributed by atoms with E-state index in [1.807, 2.05) is 0 Å². The molecule has 3 atom stereocenters. The Morgan fingerprint density at radius 3 is 2.08 bits per heavy atom. The monoisotopic (exact) mass is 193 g/mol. The first-order valence-corrected chi connectivity index (χ1v) is 3.41. The number of ketones is 1. The lowest BCUT2D eigenvalue weighted by molar-refractivity contribution is -0.147. The number of Topliss-reactive ketones (excluding diaryl/α,β-unsaturated/α-hetero) is 1. The van der Waals surface area contributed by atoms with Gasteiger partial charge in [0.15, 0.2) is 11.8 Å². The van der Waals surface area contributed by atoms with Crippen LogP contribution in [0, 0.1) is 0 Å². The Labute approximate surface area is 73.4 Å². The van der Waals surface area contributed by atoms with Gasteiger partial charge in [0.2, 0.25) is 0 Å². The van der Waals surface area contributed by atoms with Gasteiger partial charge in [-0.2, -0.15) is 0 Å². The largest absolute Gasteiger partial charge is 0.480 e. The van der Waals surface area contributed by atoms with E-state index in [2.05, 4.69) is 0 Å². The Kier molecular flexibility index (Phi) is 4.49. The second-order valence-corrected chi connectivity index (χ2v) is 2.41. The number of carbonyl (C=O) groups is 2. The highest BCUT2D eigenvalue weighted by Crippen LogP contribution is 1.97. The van der Waals surface area contributed by atoms with Gasteiger partial charge in [-0.05, 0) is 0 Å². The van der Waals surface area contributed by atoms with Crippen LogP contribution >= 0.6 is 0 Å². The summed E-state index contributed by atoms with van der Waals surface area (Å²) in [5.41, 5.74) is 4.85. The van der Waals surface area contributed by atoms with Gasteiger partial charge in [0.25, 0.3) is 0 Å². The summed E-state index contributed by atoms with van der Waals surface area (Å²) in [5, 5.41) is 34.2. The van der Waals surface area contributed by atoms with Crippen molar-refractivity contribution < 1.29 is 30.0 Å². The zero-order valence-electron chi connectivity index (χ0n) is 6.62. The summed E-state index contributed by atoms with van der Waals surface area (Å²) in [4.78, 5) is 21.0. The lowest BCUT2D eigenvalue weighted by Gasteiger charge is -2.15. The summed E-state index contributed by atoms with van der Waals surface area (Å²) in [6, 6.07) is -1.89. The lowest BCUT2D eigenvalue weighted by atomic mass is 10.0. The predicted octanol–water partition coefficient (Wildman–Crippen LogP) is -3.32. The number of rotatable bonds is 5. The van der Waals surface area contributed by atoms with E-state index in [1.54, 1.807) is 0 Å². The van der Waals surface area contributed by atoms with Crippen molar-refractivity contribution in [2.45, 2.75) is 18.2 Å². The molecule has 0 fully saturated rings. The quantitative estimate of drug-likeness (QED) is 0.288. The Morgan fingerprint density at radius 2 is 1.77 bits per heavy atom. The van der Waals surface area contributed by atoms with E-state index in [0.29, 0.717) is 0 Å². The molecule has 0 heterocycles. The smallest absolute Gasteiger partial charge is 0.328 e. The van der Waals surface area contributed by atoms with Crippen LogP contribution in [0.3, 0.4) is 0 Å². The van der Waals surface area contributed by atoms with Crippen LogP contribution in [0.4, 0.5) is 0 Å². The number of carboxylic acids is 1. The minimum Gasteiger partial charge on any atom is -0.480 e. The van der Waals surface area contributed by atoms with Crippen molar-refractivity contribution in [2.75, 3.05) is 6.61 Å². The number of aliphatic carboxylic acids is 1. The fraction of sp³-hybridized carbons (Fsp3) is 0.667. The van der Waals surface area contributed by atoms with Crippen LogP contribution in [0.2, 0.25) is 0 Å². The zero-order chi connectivity index (χ0) is 10.6. The standard InChI is InChI=1S/C6H11NO6/c7-3(6(12)13)5(11)4(10)2(9)1-8/h2-4,8-10H,1,7H2,(H,12,13)/t2-,3-,4+/m0/s1. The van der Waals surface area contributed by atoms with Crippen molar-refractivity contribution in [2.24, 2.45) is 5.73 Å². The molecule has 7 heteroatoms. The average Bonchev–Trinajstić information content (AvgIpc) is 2.12. The molecule has 0 spiro atoms. The SMILES string of the molecule is N[C@H](C(=O)O)C(=O)[C@H](O)[C@@H](O)CO. The molecule has 0 rings (SSSR count). The number of nitrogens with two attached hydrogens (primary N) is 1. The molecule has 6 N–H and O–H groups in total. The van der Waals surface area contributed by atoms with Crippen LogP contribution in [-0.4, -0.2) is 57.0 Å². The van der Waals surface area contributed by atoms with Gasteiger partial charge in [0.1, 0.15) is 12.2 Å². The highest BCUT2D eigenvalue weighted by atomic mass is 16.4. The number of hydrogen-bond donors (Lipinski definition) is 5. The Hall–Kier alpha value is -1.02. The van der Waals surface area contributed by atoms with E-state index in [4.69, 9.17) is 26.2 Å². The first-order chi connectivity index (χ1) is 5.91. The molecule has 76 valence electrons. The molecule has 0 aromatic carbocycles. The number of hydrogen-bond acceptors (Lipinski definition) is 6. The predicted molar refractivity (Wildman–Crippen MR) is 39.7 cm³/mol. The molecule has 0 aliphatic heterocycles. The molecule has 13 heavy (non-hydrogen) atoms. The first-order valence-electron chi connectivity index (χ1n) is 3.41. The molecule has 0 saturated heterocycles. The van der Waals surface area contributed by atoms with E-state index in [1.165, 1.54) is 0 Å². The maximum Gasteiger partial charge on any atom is 0.328 e. The van der Waals surface area contributed by atoms with Gasteiger partial charge in [-0.25, -0.2) is 0 Å². The van der Waals surface area contributed by atoms with E-state index in [0.717, 1.165) is 0 Å². The van der Waals surface area contributed by atoms with Crippen molar-refractivity contribution in [3.8, 4) is 0 Å². The van der Waals surface area contributed by atoms with Crippen LogP contribution in [0.15, 0.2) is 0 Å². The van der Waals surface area contributed by atoms with Gasteiger partial charge >= 0.3 is 5.97 Å². The van der Waals surface area contributed by atoms with Crippen LogP contribution in [-0.2, 0) is 9.59 Å². The van der Waals surface area contributed by atoms with Gasteiger partial charge in [0, 0.05) is 0 Å².